The topological polar surface area (TPSA) is 55.2 Å². The zero-order chi connectivity index (χ0) is 10.6. The van der Waals surface area contributed by atoms with Gasteiger partial charge in [-0.1, -0.05) is 0 Å². The molecule has 0 radical (unpaired) electrons. The predicted octanol–water partition coefficient (Wildman–Crippen LogP) is 0.643. The average Bonchev–Trinajstić information content (AvgIpc) is 2.01. The van der Waals surface area contributed by atoms with E-state index in [4.69, 9.17) is 4.74 Å². The fourth-order valence-electron chi connectivity index (χ4n) is 1.39. The third kappa shape index (κ3) is 3.40. The smallest absolute Gasteiger partial charge is 0.125 e. The number of hydrogen-bond acceptors (Lipinski definition) is 4. The van der Waals surface area contributed by atoms with E-state index in [9.17, 15) is 5.11 Å². The molecular weight excluding hydrogens is 180 g/mol. The van der Waals surface area contributed by atoms with Crippen molar-refractivity contribution < 1.29 is 9.84 Å². The second-order valence-electron chi connectivity index (χ2n) is 3.36. The Kier molecular flexibility index (Phi) is 3.98. The molecule has 0 saturated heterocycles. The molecule has 0 aliphatic carbocycles. The summed E-state index contributed by atoms with van der Waals surface area (Å²) >= 11 is 0. The zero-order valence-corrected chi connectivity index (χ0v) is 8.82. The van der Waals surface area contributed by atoms with Crippen molar-refractivity contribution in [2.24, 2.45) is 0 Å². The molecule has 1 unspecified atom stereocenters. The van der Waals surface area contributed by atoms with Gasteiger partial charge in [0.2, 0.25) is 0 Å². The third-order valence-corrected chi connectivity index (χ3v) is 1.82. The molecule has 1 heterocycles. The van der Waals surface area contributed by atoms with Crippen LogP contribution in [-0.4, -0.2) is 34.9 Å². The van der Waals surface area contributed by atoms with Crippen LogP contribution in [-0.2, 0) is 11.2 Å². The Balaban J connectivity index is 2.66. The Labute approximate surface area is 84.0 Å². The van der Waals surface area contributed by atoms with Crippen LogP contribution >= 0.6 is 0 Å². The second kappa shape index (κ2) is 5.02. The van der Waals surface area contributed by atoms with Gasteiger partial charge in [-0.15, -0.1) is 0 Å². The molecule has 1 aromatic rings. The SMILES string of the molecule is COCC(O)Cc1cc(C)nc(C)n1. The Morgan fingerprint density at radius 3 is 2.71 bits per heavy atom. The van der Waals surface area contributed by atoms with Crippen molar-refractivity contribution in [3.8, 4) is 0 Å². The van der Waals surface area contributed by atoms with Crippen LogP contribution in [0.3, 0.4) is 0 Å². The standard InChI is InChI=1S/C10H16N2O2/c1-7-4-9(12-8(2)11-7)5-10(13)6-14-3/h4,10,13H,5-6H2,1-3H3. The minimum Gasteiger partial charge on any atom is -0.390 e. The minimum absolute atomic E-state index is 0.335. The number of hydrogen-bond donors (Lipinski definition) is 1. The molecule has 14 heavy (non-hydrogen) atoms. The van der Waals surface area contributed by atoms with E-state index in [1.807, 2.05) is 19.9 Å². The molecule has 1 atom stereocenters. The molecule has 0 aliphatic heterocycles. The second-order valence-corrected chi connectivity index (χ2v) is 3.36. The summed E-state index contributed by atoms with van der Waals surface area (Å²) in [6.07, 6.45) is 0.0200. The van der Waals surface area contributed by atoms with Crippen LogP contribution in [0.25, 0.3) is 0 Å². The number of aliphatic hydroxyl groups is 1. The van der Waals surface area contributed by atoms with Crippen LogP contribution in [0.2, 0.25) is 0 Å². The highest BCUT2D eigenvalue weighted by Gasteiger charge is 2.07. The molecule has 1 N–H and O–H groups in total. The summed E-state index contributed by atoms with van der Waals surface area (Å²) in [5.41, 5.74) is 1.79. The van der Waals surface area contributed by atoms with Crippen LogP contribution in [0.15, 0.2) is 6.07 Å². The third-order valence-electron chi connectivity index (χ3n) is 1.82. The molecule has 4 nitrogen and oxygen atoms in total. The number of methoxy groups -OCH3 is 1. The monoisotopic (exact) mass is 196 g/mol. The van der Waals surface area contributed by atoms with Gasteiger partial charge in [-0.05, 0) is 19.9 Å². The van der Waals surface area contributed by atoms with Crippen molar-refractivity contribution in [2.45, 2.75) is 26.4 Å². The van der Waals surface area contributed by atoms with Crippen molar-refractivity contribution in [1.29, 1.82) is 0 Å². The lowest BCUT2D eigenvalue weighted by Crippen LogP contribution is -2.18. The van der Waals surface area contributed by atoms with Gasteiger partial charge in [0.05, 0.1) is 12.7 Å². The Morgan fingerprint density at radius 1 is 1.43 bits per heavy atom. The molecule has 1 aromatic heterocycles. The lowest BCUT2D eigenvalue weighted by atomic mass is 10.2. The van der Waals surface area contributed by atoms with Gasteiger partial charge >= 0.3 is 0 Å². The van der Waals surface area contributed by atoms with Gasteiger partial charge in [-0.25, -0.2) is 9.97 Å². The van der Waals surface area contributed by atoms with E-state index in [-0.39, 0.29) is 0 Å². The maximum absolute atomic E-state index is 9.50. The highest BCUT2D eigenvalue weighted by atomic mass is 16.5. The lowest BCUT2D eigenvalue weighted by molar-refractivity contribution is 0.0644. The van der Waals surface area contributed by atoms with Crippen molar-refractivity contribution in [3.63, 3.8) is 0 Å². The van der Waals surface area contributed by atoms with Crippen LogP contribution < -0.4 is 0 Å². The van der Waals surface area contributed by atoms with Gasteiger partial charge < -0.3 is 9.84 Å². The summed E-state index contributed by atoms with van der Waals surface area (Å²) in [7, 11) is 1.57. The van der Waals surface area contributed by atoms with Gasteiger partial charge in [-0.3, -0.25) is 0 Å². The average molecular weight is 196 g/mol. The van der Waals surface area contributed by atoms with E-state index in [1.54, 1.807) is 7.11 Å². The van der Waals surface area contributed by atoms with Crippen LogP contribution in [0.5, 0.6) is 0 Å². The summed E-state index contributed by atoms with van der Waals surface area (Å²) in [5, 5.41) is 9.50. The fourth-order valence-corrected chi connectivity index (χ4v) is 1.39. The quantitative estimate of drug-likeness (QED) is 0.768. The number of aliphatic hydroxyl groups excluding tert-OH is 1. The maximum Gasteiger partial charge on any atom is 0.125 e. The zero-order valence-electron chi connectivity index (χ0n) is 8.82. The Bertz CT molecular complexity index is 282. The minimum atomic E-state index is -0.492. The number of rotatable bonds is 4. The molecule has 78 valence electrons. The van der Waals surface area contributed by atoms with Crippen LogP contribution in [0, 0.1) is 13.8 Å². The van der Waals surface area contributed by atoms with Crippen molar-refractivity contribution in [1.82, 2.24) is 9.97 Å². The molecule has 0 fully saturated rings. The van der Waals surface area contributed by atoms with E-state index >= 15 is 0 Å². The summed E-state index contributed by atoms with van der Waals surface area (Å²) < 4.78 is 4.84. The summed E-state index contributed by atoms with van der Waals surface area (Å²) in [6.45, 7) is 4.10. The normalized spacial score (nSPS) is 12.9. The molecule has 0 spiro atoms. The van der Waals surface area contributed by atoms with E-state index in [1.165, 1.54) is 0 Å². The van der Waals surface area contributed by atoms with E-state index in [0.29, 0.717) is 13.0 Å². The molecule has 0 aromatic carbocycles. The van der Waals surface area contributed by atoms with Gasteiger partial charge in [0.15, 0.2) is 0 Å². The molecular formula is C10H16N2O2. The highest BCUT2D eigenvalue weighted by molar-refractivity contribution is 5.10. The number of ether oxygens (including phenoxy) is 1. The Morgan fingerprint density at radius 2 is 2.14 bits per heavy atom. The van der Waals surface area contributed by atoms with Gasteiger partial charge in [0.25, 0.3) is 0 Å². The van der Waals surface area contributed by atoms with Gasteiger partial charge in [0, 0.05) is 24.9 Å². The fraction of sp³-hybridized carbons (Fsp3) is 0.600. The van der Waals surface area contributed by atoms with E-state index < -0.39 is 6.10 Å². The first-order valence-corrected chi connectivity index (χ1v) is 4.60. The van der Waals surface area contributed by atoms with Crippen molar-refractivity contribution >= 4 is 0 Å². The van der Waals surface area contributed by atoms with Crippen molar-refractivity contribution in [3.05, 3.63) is 23.3 Å². The maximum atomic E-state index is 9.50. The number of aryl methyl sites for hydroxylation is 2. The van der Waals surface area contributed by atoms with Gasteiger partial charge in [0.1, 0.15) is 5.82 Å². The van der Waals surface area contributed by atoms with Crippen LogP contribution in [0.4, 0.5) is 0 Å². The Hall–Kier alpha value is -1.00. The molecule has 0 bridgehead atoms. The first-order valence-electron chi connectivity index (χ1n) is 4.60. The molecule has 0 aliphatic rings. The van der Waals surface area contributed by atoms with Crippen molar-refractivity contribution in [2.75, 3.05) is 13.7 Å². The number of nitrogens with zero attached hydrogens (tertiary/aromatic N) is 2. The van der Waals surface area contributed by atoms with Gasteiger partial charge in [-0.2, -0.15) is 0 Å². The molecule has 1 rings (SSSR count). The summed E-state index contributed by atoms with van der Waals surface area (Å²) in [6, 6.07) is 1.88. The number of aromatic nitrogens is 2. The first kappa shape index (κ1) is 11.1. The molecule has 0 amide bonds. The first-order chi connectivity index (χ1) is 6.61. The lowest BCUT2D eigenvalue weighted by Gasteiger charge is -2.09. The summed E-state index contributed by atoms with van der Waals surface area (Å²) in [4.78, 5) is 8.39. The largest absolute Gasteiger partial charge is 0.390 e. The molecule has 0 saturated carbocycles. The highest BCUT2D eigenvalue weighted by Crippen LogP contribution is 2.03. The van der Waals surface area contributed by atoms with E-state index in [2.05, 4.69) is 9.97 Å². The summed E-state index contributed by atoms with van der Waals surface area (Å²) in [5.74, 6) is 0.740. The van der Waals surface area contributed by atoms with Crippen LogP contribution in [0.1, 0.15) is 17.2 Å². The van der Waals surface area contributed by atoms with E-state index in [0.717, 1.165) is 17.2 Å². The predicted molar refractivity (Wildman–Crippen MR) is 53.1 cm³/mol. The molecule has 4 heteroatoms.